The van der Waals surface area contributed by atoms with Crippen molar-refractivity contribution in [2.24, 2.45) is 5.73 Å². The first-order valence-corrected chi connectivity index (χ1v) is 8.06. The molecular weight excluding hydrogens is 298 g/mol. The minimum absolute atomic E-state index is 0.0113. The quantitative estimate of drug-likeness (QED) is 0.815. The van der Waals surface area contributed by atoms with Crippen LogP contribution in [-0.4, -0.2) is 64.2 Å². The van der Waals surface area contributed by atoms with Crippen LogP contribution in [0.4, 0.5) is 0 Å². The predicted octanol–water partition coefficient (Wildman–Crippen LogP) is 0.549. The van der Waals surface area contributed by atoms with Gasteiger partial charge in [0.15, 0.2) is 5.82 Å². The van der Waals surface area contributed by atoms with Gasteiger partial charge >= 0.3 is 0 Å². The fourth-order valence-electron chi connectivity index (χ4n) is 2.53. The molecule has 0 aliphatic carbocycles. The Hall–Kier alpha value is -1.51. The fraction of sp³-hybridized carbons (Fsp3) is 0.800. The van der Waals surface area contributed by atoms with Crippen LogP contribution < -0.4 is 5.73 Å². The van der Waals surface area contributed by atoms with Crippen molar-refractivity contribution in [1.82, 2.24) is 19.9 Å². The van der Waals surface area contributed by atoms with E-state index in [-0.39, 0.29) is 12.0 Å². The molecule has 1 aliphatic rings. The summed E-state index contributed by atoms with van der Waals surface area (Å²) < 4.78 is 10.7. The van der Waals surface area contributed by atoms with Gasteiger partial charge < -0.3 is 19.9 Å². The fourth-order valence-corrected chi connectivity index (χ4v) is 2.53. The molecule has 1 aromatic heterocycles. The van der Waals surface area contributed by atoms with Crippen LogP contribution in [0.5, 0.6) is 0 Å². The molecule has 1 fully saturated rings. The first kappa shape index (κ1) is 17.8. The summed E-state index contributed by atoms with van der Waals surface area (Å²) in [6.45, 7) is 11.4. The summed E-state index contributed by atoms with van der Waals surface area (Å²) in [4.78, 5) is 20.5. The third kappa shape index (κ3) is 4.73. The Kier molecular flexibility index (Phi) is 5.72. The van der Waals surface area contributed by atoms with Gasteiger partial charge in [0.25, 0.3) is 0 Å². The van der Waals surface area contributed by atoms with E-state index >= 15 is 0 Å². The molecule has 2 N–H and O–H groups in total. The van der Waals surface area contributed by atoms with Crippen molar-refractivity contribution >= 4 is 5.91 Å². The van der Waals surface area contributed by atoms with Crippen LogP contribution in [0, 0.1) is 0 Å². The molecule has 0 saturated carbocycles. The molecule has 1 aliphatic heterocycles. The average molecular weight is 325 g/mol. The second-order valence-electron chi connectivity index (χ2n) is 6.43. The van der Waals surface area contributed by atoms with Gasteiger partial charge in [-0.05, 0) is 27.7 Å². The van der Waals surface area contributed by atoms with Crippen LogP contribution in [0.2, 0.25) is 0 Å². The van der Waals surface area contributed by atoms with Crippen LogP contribution in [0.25, 0.3) is 0 Å². The molecule has 2 rings (SSSR count). The van der Waals surface area contributed by atoms with Gasteiger partial charge in [-0.2, -0.15) is 4.98 Å². The van der Waals surface area contributed by atoms with E-state index in [0.717, 1.165) is 13.1 Å². The van der Waals surface area contributed by atoms with Gasteiger partial charge in [-0.3, -0.25) is 9.69 Å². The number of amides is 1. The second-order valence-corrected chi connectivity index (χ2v) is 6.43. The molecule has 1 saturated heterocycles. The number of ether oxygens (including phenoxy) is 1. The van der Waals surface area contributed by atoms with Crippen LogP contribution in [0.15, 0.2) is 4.52 Å². The van der Waals surface area contributed by atoms with E-state index in [1.807, 2.05) is 18.7 Å². The molecule has 130 valence electrons. The first-order chi connectivity index (χ1) is 10.8. The summed E-state index contributed by atoms with van der Waals surface area (Å²) in [7, 11) is 0. The van der Waals surface area contributed by atoms with Gasteiger partial charge in [0, 0.05) is 32.8 Å². The highest BCUT2D eigenvalue weighted by molar-refractivity contribution is 5.85. The Morgan fingerprint density at radius 1 is 1.39 bits per heavy atom. The SMILES string of the molecule is CCOC(C)c1noc(CN2CCN(C(=O)C(C)(C)N)CC2)n1. The van der Waals surface area contributed by atoms with Crippen LogP contribution in [0.3, 0.4) is 0 Å². The lowest BCUT2D eigenvalue weighted by Gasteiger charge is -2.36. The summed E-state index contributed by atoms with van der Waals surface area (Å²) in [5.41, 5.74) is 5.05. The second kappa shape index (κ2) is 7.37. The highest BCUT2D eigenvalue weighted by Gasteiger charge is 2.30. The van der Waals surface area contributed by atoms with Gasteiger partial charge in [0.05, 0.1) is 12.1 Å². The number of piperazine rings is 1. The van der Waals surface area contributed by atoms with E-state index in [0.29, 0.717) is 38.0 Å². The van der Waals surface area contributed by atoms with Crippen molar-refractivity contribution < 1.29 is 14.1 Å². The van der Waals surface area contributed by atoms with E-state index in [1.165, 1.54) is 0 Å². The molecule has 1 amide bonds. The lowest BCUT2D eigenvalue weighted by atomic mass is 10.0. The lowest BCUT2D eigenvalue weighted by Crippen LogP contribution is -2.56. The summed E-state index contributed by atoms with van der Waals surface area (Å²) in [6, 6.07) is 0. The first-order valence-electron chi connectivity index (χ1n) is 8.06. The van der Waals surface area contributed by atoms with Crippen molar-refractivity contribution in [2.45, 2.75) is 45.9 Å². The van der Waals surface area contributed by atoms with Crippen LogP contribution in [0.1, 0.15) is 45.5 Å². The number of nitrogens with zero attached hydrogens (tertiary/aromatic N) is 4. The Bertz CT molecular complexity index is 517. The molecule has 8 nitrogen and oxygen atoms in total. The molecule has 23 heavy (non-hydrogen) atoms. The summed E-state index contributed by atoms with van der Waals surface area (Å²) in [5, 5.41) is 3.96. The number of nitrogens with two attached hydrogens (primary N) is 1. The molecular formula is C15H27N5O3. The van der Waals surface area contributed by atoms with Crippen molar-refractivity contribution in [3.05, 3.63) is 11.7 Å². The Morgan fingerprint density at radius 3 is 2.61 bits per heavy atom. The van der Waals surface area contributed by atoms with E-state index in [1.54, 1.807) is 13.8 Å². The molecule has 0 spiro atoms. The maximum Gasteiger partial charge on any atom is 0.242 e. The third-order valence-electron chi connectivity index (χ3n) is 3.83. The number of carbonyl (C=O) groups is 1. The van der Waals surface area contributed by atoms with Gasteiger partial charge in [0.2, 0.25) is 11.8 Å². The Morgan fingerprint density at radius 2 is 2.04 bits per heavy atom. The molecule has 1 unspecified atom stereocenters. The lowest BCUT2D eigenvalue weighted by molar-refractivity contribution is -0.137. The minimum Gasteiger partial charge on any atom is -0.371 e. The third-order valence-corrected chi connectivity index (χ3v) is 3.83. The molecule has 1 atom stereocenters. The summed E-state index contributed by atoms with van der Waals surface area (Å²) in [6.07, 6.45) is -0.168. The van der Waals surface area contributed by atoms with E-state index in [4.69, 9.17) is 15.0 Å². The highest BCUT2D eigenvalue weighted by Crippen LogP contribution is 2.15. The zero-order valence-corrected chi connectivity index (χ0v) is 14.4. The predicted molar refractivity (Wildman–Crippen MR) is 84.5 cm³/mol. The average Bonchev–Trinajstić information content (AvgIpc) is 2.95. The number of carbonyl (C=O) groups excluding carboxylic acids is 1. The summed E-state index contributed by atoms with van der Waals surface area (Å²) >= 11 is 0. The molecule has 0 radical (unpaired) electrons. The monoisotopic (exact) mass is 325 g/mol. The van der Waals surface area contributed by atoms with Crippen molar-refractivity contribution in [3.8, 4) is 0 Å². The highest BCUT2D eigenvalue weighted by atomic mass is 16.5. The normalized spacial score (nSPS) is 18.2. The number of hydrogen-bond donors (Lipinski definition) is 1. The van der Waals surface area contributed by atoms with Gasteiger partial charge in [-0.25, -0.2) is 0 Å². The van der Waals surface area contributed by atoms with Crippen LogP contribution >= 0.6 is 0 Å². The number of aromatic nitrogens is 2. The maximum absolute atomic E-state index is 12.2. The van der Waals surface area contributed by atoms with E-state index in [2.05, 4.69) is 15.0 Å². The molecule has 0 bridgehead atoms. The molecule has 2 heterocycles. The van der Waals surface area contributed by atoms with Crippen molar-refractivity contribution in [1.29, 1.82) is 0 Å². The zero-order chi connectivity index (χ0) is 17.0. The zero-order valence-electron chi connectivity index (χ0n) is 14.4. The van der Waals surface area contributed by atoms with E-state index < -0.39 is 5.54 Å². The number of hydrogen-bond acceptors (Lipinski definition) is 7. The molecule has 8 heteroatoms. The van der Waals surface area contributed by atoms with Gasteiger partial charge in [-0.1, -0.05) is 5.16 Å². The van der Waals surface area contributed by atoms with Crippen molar-refractivity contribution in [3.63, 3.8) is 0 Å². The topological polar surface area (TPSA) is 97.7 Å². The smallest absolute Gasteiger partial charge is 0.242 e. The molecule has 1 aromatic rings. The Balaban J connectivity index is 1.84. The Labute approximate surface area is 136 Å². The van der Waals surface area contributed by atoms with Crippen LogP contribution in [-0.2, 0) is 16.1 Å². The largest absolute Gasteiger partial charge is 0.371 e. The molecule has 0 aromatic carbocycles. The standard InChI is InChI=1S/C15H27N5O3/c1-5-22-11(2)13-17-12(23-18-13)10-19-6-8-20(9-7-19)14(21)15(3,4)16/h11H,5-10,16H2,1-4H3. The van der Waals surface area contributed by atoms with Crippen molar-refractivity contribution in [2.75, 3.05) is 32.8 Å². The van der Waals surface area contributed by atoms with E-state index in [9.17, 15) is 4.79 Å². The van der Waals surface area contributed by atoms with Gasteiger partial charge in [0.1, 0.15) is 6.10 Å². The number of rotatable bonds is 6. The maximum atomic E-state index is 12.2. The minimum atomic E-state index is -0.820. The summed E-state index contributed by atoms with van der Waals surface area (Å²) in [5.74, 6) is 1.13. The van der Waals surface area contributed by atoms with Gasteiger partial charge in [-0.15, -0.1) is 0 Å².